The Hall–Kier alpha value is -5.54. The van der Waals surface area contributed by atoms with Crippen LogP contribution in [0.25, 0.3) is 16.6 Å². The number of halogens is 1. The largest absolute Gasteiger partial charge is 0.445 e. The first kappa shape index (κ1) is 29.5. The topological polar surface area (TPSA) is 132 Å². The van der Waals surface area contributed by atoms with E-state index in [2.05, 4.69) is 21.5 Å². The number of nitriles is 1. The summed E-state index contributed by atoms with van der Waals surface area (Å²) < 4.78 is 22.0. The molecular weight excluding hydrogens is 575 g/mol. The lowest BCUT2D eigenvalue weighted by atomic mass is 10.0. The minimum absolute atomic E-state index is 0.0167. The number of nitrogens with one attached hydrogen (secondary N) is 1. The second kappa shape index (κ2) is 13.4. The fourth-order valence-electron chi connectivity index (χ4n) is 5.35. The van der Waals surface area contributed by atoms with Crippen LogP contribution < -0.4 is 10.2 Å². The average Bonchev–Trinajstić information content (AvgIpc) is 3.57. The Balaban J connectivity index is 1.13. The molecule has 0 bridgehead atoms. The number of rotatable bonds is 9. The number of hydrogen-bond acceptors (Lipinski definition) is 9. The molecule has 0 saturated carbocycles. The number of aliphatic hydroxyl groups is 1. The van der Waals surface area contributed by atoms with Crippen molar-refractivity contribution in [1.29, 1.82) is 5.26 Å². The minimum atomic E-state index is -0.493. The van der Waals surface area contributed by atoms with Gasteiger partial charge in [-0.05, 0) is 48.7 Å². The van der Waals surface area contributed by atoms with Gasteiger partial charge in [0.25, 0.3) is 0 Å². The summed E-state index contributed by atoms with van der Waals surface area (Å²) in [6, 6.07) is 23.7. The van der Waals surface area contributed by atoms with Crippen molar-refractivity contribution in [3.63, 3.8) is 0 Å². The van der Waals surface area contributed by atoms with Gasteiger partial charge in [0.1, 0.15) is 30.6 Å². The summed E-state index contributed by atoms with van der Waals surface area (Å²) in [5, 5.41) is 26.9. The van der Waals surface area contributed by atoms with Gasteiger partial charge in [-0.25, -0.2) is 23.8 Å². The molecule has 1 aliphatic heterocycles. The van der Waals surface area contributed by atoms with Gasteiger partial charge in [-0.1, -0.05) is 30.3 Å². The number of aromatic nitrogens is 4. The third kappa shape index (κ3) is 6.84. The molecule has 6 rings (SSSR count). The minimum Gasteiger partial charge on any atom is -0.445 e. The molecule has 0 unspecified atom stereocenters. The SMILES string of the molecule is N#CCN(c1ccc2cnc(Nc3ccc(-n4ccc(CO)n4)cc3F)cc2n1)C1CCN(C(=O)OCc2ccccc2)CC1. The number of likely N-dealkylation sites (tertiary alicyclic amines) is 1. The van der Waals surface area contributed by atoms with Crippen LogP contribution in [-0.2, 0) is 18.0 Å². The van der Waals surface area contributed by atoms with E-state index in [-0.39, 0.29) is 37.6 Å². The normalized spacial score (nSPS) is 13.4. The van der Waals surface area contributed by atoms with E-state index in [9.17, 15) is 15.2 Å². The number of hydrogen-bond donors (Lipinski definition) is 2. The zero-order valence-corrected chi connectivity index (χ0v) is 24.4. The molecule has 1 amide bonds. The maximum atomic E-state index is 15.0. The first-order valence-corrected chi connectivity index (χ1v) is 14.6. The number of pyridine rings is 2. The van der Waals surface area contributed by atoms with Crippen LogP contribution in [0.15, 0.2) is 85.2 Å². The molecular formula is C33H31FN8O3. The van der Waals surface area contributed by atoms with Crippen molar-refractivity contribution in [2.45, 2.75) is 32.1 Å². The van der Waals surface area contributed by atoms with Crippen LogP contribution in [0, 0.1) is 17.1 Å². The molecule has 11 nitrogen and oxygen atoms in total. The summed E-state index contributed by atoms with van der Waals surface area (Å²) in [7, 11) is 0. The average molecular weight is 607 g/mol. The van der Waals surface area contributed by atoms with Crippen LogP contribution in [0.3, 0.4) is 0 Å². The number of nitrogens with zero attached hydrogens (tertiary/aromatic N) is 7. The van der Waals surface area contributed by atoms with Crippen LogP contribution >= 0.6 is 0 Å². The molecule has 228 valence electrons. The number of amides is 1. The highest BCUT2D eigenvalue weighted by Gasteiger charge is 2.28. The first-order valence-electron chi connectivity index (χ1n) is 14.6. The summed E-state index contributed by atoms with van der Waals surface area (Å²) in [6.07, 6.45) is 4.31. The second-order valence-corrected chi connectivity index (χ2v) is 10.7. The number of ether oxygens (including phenoxy) is 1. The molecule has 2 N–H and O–H groups in total. The smallest absolute Gasteiger partial charge is 0.410 e. The monoisotopic (exact) mass is 606 g/mol. The molecule has 45 heavy (non-hydrogen) atoms. The molecule has 4 heterocycles. The summed E-state index contributed by atoms with van der Waals surface area (Å²) in [5.74, 6) is 0.561. The Morgan fingerprint density at radius 1 is 1.11 bits per heavy atom. The van der Waals surface area contributed by atoms with Gasteiger partial charge in [-0.3, -0.25) is 0 Å². The van der Waals surface area contributed by atoms with Crippen molar-refractivity contribution in [2.75, 3.05) is 29.9 Å². The van der Waals surface area contributed by atoms with Crippen LogP contribution in [0.5, 0.6) is 0 Å². The predicted octanol–water partition coefficient (Wildman–Crippen LogP) is 5.32. The summed E-state index contributed by atoms with van der Waals surface area (Å²) in [5.41, 5.74) is 2.81. The predicted molar refractivity (Wildman–Crippen MR) is 166 cm³/mol. The number of carbonyl (C=O) groups excluding carboxylic acids is 1. The molecule has 0 aliphatic carbocycles. The Bertz CT molecular complexity index is 1830. The highest BCUT2D eigenvalue weighted by Crippen LogP contribution is 2.27. The summed E-state index contributed by atoms with van der Waals surface area (Å²) in [4.78, 5) is 25.6. The molecule has 1 fully saturated rings. The molecule has 5 aromatic rings. The van der Waals surface area contributed by atoms with Crippen molar-refractivity contribution in [1.82, 2.24) is 24.6 Å². The summed E-state index contributed by atoms with van der Waals surface area (Å²) >= 11 is 0. The number of anilines is 3. The third-order valence-electron chi connectivity index (χ3n) is 7.75. The lowest BCUT2D eigenvalue weighted by Crippen LogP contribution is -2.47. The van der Waals surface area contributed by atoms with Crippen molar-refractivity contribution >= 4 is 34.3 Å². The fraction of sp³-hybridized carbons (Fsp3) is 0.242. The molecule has 3 aromatic heterocycles. The van der Waals surface area contributed by atoms with Crippen LogP contribution in [0.4, 0.5) is 26.5 Å². The number of carbonyl (C=O) groups is 1. The molecule has 0 spiro atoms. The summed E-state index contributed by atoms with van der Waals surface area (Å²) in [6.45, 7) is 1.20. The van der Waals surface area contributed by atoms with Crippen molar-refractivity contribution in [3.8, 4) is 11.8 Å². The van der Waals surface area contributed by atoms with Gasteiger partial charge in [-0.2, -0.15) is 10.4 Å². The molecule has 2 aromatic carbocycles. The maximum absolute atomic E-state index is 15.0. The van der Waals surface area contributed by atoms with E-state index in [1.54, 1.807) is 41.6 Å². The maximum Gasteiger partial charge on any atom is 0.410 e. The molecule has 1 saturated heterocycles. The highest BCUT2D eigenvalue weighted by atomic mass is 19.1. The first-order chi connectivity index (χ1) is 22.0. The zero-order valence-electron chi connectivity index (χ0n) is 24.4. The van der Waals surface area contributed by atoms with E-state index in [0.717, 1.165) is 10.9 Å². The van der Waals surface area contributed by atoms with E-state index in [1.165, 1.54) is 10.7 Å². The van der Waals surface area contributed by atoms with E-state index in [1.807, 2.05) is 47.4 Å². The van der Waals surface area contributed by atoms with Crippen molar-refractivity contribution in [2.24, 2.45) is 0 Å². The van der Waals surface area contributed by atoms with Crippen molar-refractivity contribution < 1.29 is 19.0 Å². The van der Waals surface area contributed by atoms with Gasteiger partial charge in [0, 0.05) is 49.0 Å². The zero-order chi connectivity index (χ0) is 31.2. The van der Waals surface area contributed by atoms with Gasteiger partial charge >= 0.3 is 6.09 Å². The number of piperidine rings is 1. The fourth-order valence-corrected chi connectivity index (χ4v) is 5.35. The van der Waals surface area contributed by atoms with E-state index in [0.29, 0.717) is 54.5 Å². The van der Waals surface area contributed by atoms with Crippen LogP contribution in [-0.4, -0.2) is 61.5 Å². The van der Waals surface area contributed by atoms with Gasteiger partial charge in [0.2, 0.25) is 0 Å². The van der Waals surface area contributed by atoms with E-state index < -0.39 is 5.82 Å². The van der Waals surface area contributed by atoms with Gasteiger partial charge in [0.05, 0.1) is 35.3 Å². The van der Waals surface area contributed by atoms with Crippen molar-refractivity contribution in [3.05, 3.63) is 102 Å². The second-order valence-electron chi connectivity index (χ2n) is 10.7. The van der Waals surface area contributed by atoms with E-state index >= 15 is 4.39 Å². The lowest BCUT2D eigenvalue weighted by Gasteiger charge is -2.37. The lowest BCUT2D eigenvalue weighted by molar-refractivity contribution is 0.0869. The van der Waals surface area contributed by atoms with Gasteiger partial charge in [0.15, 0.2) is 0 Å². The third-order valence-corrected chi connectivity index (χ3v) is 7.75. The van der Waals surface area contributed by atoms with E-state index in [4.69, 9.17) is 9.72 Å². The number of aliphatic hydroxyl groups excluding tert-OH is 1. The number of benzene rings is 2. The van der Waals surface area contributed by atoms with Crippen LogP contribution in [0.1, 0.15) is 24.1 Å². The van der Waals surface area contributed by atoms with Crippen LogP contribution in [0.2, 0.25) is 0 Å². The molecule has 12 heteroatoms. The quantitative estimate of drug-likeness (QED) is 0.214. The molecule has 0 atom stereocenters. The Labute approximate surface area is 259 Å². The molecule has 1 aliphatic rings. The Morgan fingerprint density at radius 2 is 1.93 bits per heavy atom. The highest BCUT2D eigenvalue weighted by molar-refractivity contribution is 5.82. The number of fused-ring (bicyclic) bond motifs is 1. The molecule has 0 radical (unpaired) electrons. The van der Waals surface area contributed by atoms with Gasteiger partial charge in [-0.15, -0.1) is 0 Å². The Morgan fingerprint density at radius 3 is 2.67 bits per heavy atom. The Kier molecular flexibility index (Phi) is 8.79. The standard InChI is InChI=1S/C33H31FN8O3/c34-28-18-27(42-16-10-25(21-43)39-42)7-8-29(28)37-31-19-30-24(20-36-31)6-9-32(38-30)41(17-13-35)26-11-14-40(15-12-26)33(44)45-22-23-4-2-1-3-5-23/h1-10,16,18-20,26,43H,11-12,14-15,17,21-22H2,(H,36,37). The van der Waals surface area contributed by atoms with Gasteiger partial charge < -0.3 is 25.0 Å².